The lowest BCUT2D eigenvalue weighted by atomic mass is 10.2. The average molecular weight is 302 g/mol. The predicted octanol–water partition coefficient (Wildman–Crippen LogP) is 2.35. The van der Waals surface area contributed by atoms with Gasteiger partial charge in [0.15, 0.2) is 5.96 Å². The third kappa shape index (κ3) is 3.30. The van der Waals surface area contributed by atoms with Crippen molar-refractivity contribution in [1.82, 2.24) is 10.6 Å². The van der Waals surface area contributed by atoms with Crippen molar-refractivity contribution in [2.45, 2.75) is 6.92 Å². The zero-order chi connectivity index (χ0) is 13.8. The fourth-order valence-electron chi connectivity index (χ4n) is 1.62. The van der Waals surface area contributed by atoms with Crippen molar-refractivity contribution in [3.63, 3.8) is 0 Å². The van der Waals surface area contributed by atoms with Gasteiger partial charge in [-0.05, 0) is 19.1 Å². The van der Waals surface area contributed by atoms with E-state index in [0.29, 0.717) is 33.9 Å². The van der Waals surface area contributed by atoms with Crippen LogP contribution in [0.25, 0.3) is 0 Å². The molecule has 1 aliphatic heterocycles. The van der Waals surface area contributed by atoms with Gasteiger partial charge in [-0.1, -0.05) is 23.2 Å². The van der Waals surface area contributed by atoms with Crippen LogP contribution < -0.4 is 10.6 Å². The first kappa shape index (κ1) is 14.0. The average Bonchev–Trinajstić information content (AvgIpc) is 2.86. The summed E-state index contributed by atoms with van der Waals surface area (Å²) in [6.45, 7) is 3.63. The van der Waals surface area contributed by atoms with E-state index in [9.17, 15) is 4.79 Å². The summed E-state index contributed by atoms with van der Waals surface area (Å²) >= 11 is 12.2. The molecule has 0 spiro atoms. The Morgan fingerprint density at radius 1 is 1.32 bits per heavy atom. The fraction of sp³-hybridized carbons (Fsp3) is 0.333. The second-order valence-corrected chi connectivity index (χ2v) is 4.64. The fourth-order valence-corrected chi connectivity index (χ4v) is 2.19. The number of hydrogen-bond donors (Lipinski definition) is 2. The van der Waals surface area contributed by atoms with Gasteiger partial charge in [0, 0.05) is 13.1 Å². The Bertz CT molecular complexity index is 501. The maximum Gasteiger partial charge on any atom is 0.338 e. The van der Waals surface area contributed by atoms with Crippen molar-refractivity contribution < 1.29 is 9.53 Å². The molecule has 0 radical (unpaired) electrons. The Morgan fingerprint density at radius 3 is 2.42 bits per heavy atom. The number of aliphatic imine (C=N–C) groups is 1. The molecule has 1 fully saturated rings. The quantitative estimate of drug-likeness (QED) is 0.841. The second kappa shape index (κ2) is 6.12. The van der Waals surface area contributed by atoms with E-state index in [1.807, 2.05) is 0 Å². The Balaban J connectivity index is 2.31. The van der Waals surface area contributed by atoms with E-state index in [-0.39, 0.29) is 0 Å². The number of carbonyl (C=O) groups excluding carboxylic acids is 1. The summed E-state index contributed by atoms with van der Waals surface area (Å²) in [5, 5.41) is 6.70. The minimum absolute atomic E-state index is 0.298. The minimum atomic E-state index is -0.456. The van der Waals surface area contributed by atoms with Gasteiger partial charge < -0.3 is 15.4 Å². The Kier molecular flexibility index (Phi) is 4.50. The third-order valence-corrected chi connectivity index (χ3v) is 3.04. The monoisotopic (exact) mass is 301 g/mol. The lowest BCUT2D eigenvalue weighted by Gasteiger charge is -2.07. The SMILES string of the molecule is CCOC(=O)c1cc(Cl)c(N=C2NCCN2)c(Cl)c1. The summed E-state index contributed by atoms with van der Waals surface area (Å²) in [7, 11) is 0. The van der Waals surface area contributed by atoms with Gasteiger partial charge in [-0.25, -0.2) is 9.79 Å². The maximum atomic E-state index is 11.6. The van der Waals surface area contributed by atoms with Crippen molar-refractivity contribution in [1.29, 1.82) is 0 Å². The highest BCUT2D eigenvalue weighted by Crippen LogP contribution is 2.34. The number of nitrogens with zero attached hydrogens (tertiary/aromatic N) is 1. The molecule has 0 bridgehead atoms. The molecule has 0 amide bonds. The third-order valence-electron chi connectivity index (χ3n) is 2.46. The van der Waals surface area contributed by atoms with Crippen LogP contribution in [0.5, 0.6) is 0 Å². The van der Waals surface area contributed by atoms with Gasteiger partial charge in [-0.3, -0.25) is 0 Å². The molecule has 7 heteroatoms. The molecule has 0 aromatic heterocycles. The summed E-state index contributed by atoms with van der Waals surface area (Å²) < 4.78 is 4.89. The highest BCUT2D eigenvalue weighted by atomic mass is 35.5. The number of nitrogens with one attached hydrogen (secondary N) is 2. The van der Waals surface area contributed by atoms with Crippen LogP contribution in [0.3, 0.4) is 0 Å². The van der Waals surface area contributed by atoms with Gasteiger partial charge in [0.05, 0.1) is 22.2 Å². The first-order valence-corrected chi connectivity index (χ1v) is 6.60. The van der Waals surface area contributed by atoms with Crippen LogP contribution in [0.4, 0.5) is 5.69 Å². The molecule has 102 valence electrons. The number of hydrogen-bond acceptors (Lipinski definition) is 3. The van der Waals surface area contributed by atoms with Crippen LogP contribution in [0.15, 0.2) is 17.1 Å². The predicted molar refractivity (Wildman–Crippen MR) is 75.5 cm³/mol. The van der Waals surface area contributed by atoms with Crippen molar-refractivity contribution >= 4 is 40.8 Å². The Morgan fingerprint density at radius 2 is 1.89 bits per heavy atom. The van der Waals surface area contributed by atoms with Crippen molar-refractivity contribution in [2.24, 2.45) is 4.99 Å². The number of carbonyl (C=O) groups is 1. The standard InChI is InChI=1S/C12H13Cl2N3O2/c1-2-19-11(18)7-5-8(13)10(9(14)6-7)17-12-15-3-4-16-12/h5-6H,2-4H2,1H3,(H2,15,16,17). The summed E-state index contributed by atoms with van der Waals surface area (Å²) in [6, 6.07) is 3.00. The minimum Gasteiger partial charge on any atom is -0.462 e. The van der Waals surface area contributed by atoms with E-state index in [1.165, 1.54) is 12.1 Å². The lowest BCUT2D eigenvalue weighted by molar-refractivity contribution is 0.0526. The molecular weight excluding hydrogens is 289 g/mol. The van der Waals surface area contributed by atoms with Crippen LogP contribution in [-0.2, 0) is 4.74 Å². The van der Waals surface area contributed by atoms with Crippen LogP contribution in [-0.4, -0.2) is 31.6 Å². The second-order valence-electron chi connectivity index (χ2n) is 3.82. The van der Waals surface area contributed by atoms with Crippen molar-refractivity contribution in [2.75, 3.05) is 19.7 Å². The molecule has 1 heterocycles. The van der Waals surface area contributed by atoms with Gasteiger partial charge in [0.25, 0.3) is 0 Å². The molecule has 19 heavy (non-hydrogen) atoms. The smallest absolute Gasteiger partial charge is 0.338 e. The van der Waals surface area contributed by atoms with Gasteiger partial charge in [0.2, 0.25) is 0 Å². The summed E-state index contributed by atoms with van der Waals surface area (Å²) in [6.07, 6.45) is 0. The number of ether oxygens (including phenoxy) is 1. The molecule has 1 aliphatic rings. The van der Waals surface area contributed by atoms with Gasteiger partial charge in [-0.2, -0.15) is 0 Å². The number of rotatable bonds is 3. The number of benzene rings is 1. The Hall–Kier alpha value is -1.46. The Labute approximate surface area is 120 Å². The zero-order valence-electron chi connectivity index (χ0n) is 10.3. The van der Waals surface area contributed by atoms with Crippen LogP contribution >= 0.6 is 23.2 Å². The van der Waals surface area contributed by atoms with E-state index >= 15 is 0 Å². The maximum absolute atomic E-state index is 11.6. The summed E-state index contributed by atoms with van der Waals surface area (Å²) in [4.78, 5) is 15.9. The molecule has 5 nitrogen and oxygen atoms in total. The molecule has 0 unspecified atom stereocenters. The number of esters is 1. The van der Waals surface area contributed by atoms with Crippen molar-refractivity contribution in [3.05, 3.63) is 27.7 Å². The van der Waals surface area contributed by atoms with Crippen LogP contribution in [0.2, 0.25) is 10.0 Å². The van der Waals surface area contributed by atoms with Crippen molar-refractivity contribution in [3.8, 4) is 0 Å². The van der Waals surface area contributed by atoms with Gasteiger partial charge in [0.1, 0.15) is 5.69 Å². The highest BCUT2D eigenvalue weighted by Gasteiger charge is 2.15. The van der Waals surface area contributed by atoms with E-state index < -0.39 is 5.97 Å². The molecule has 2 rings (SSSR count). The van der Waals surface area contributed by atoms with Gasteiger partial charge in [-0.15, -0.1) is 0 Å². The van der Waals surface area contributed by atoms with E-state index in [4.69, 9.17) is 27.9 Å². The molecule has 1 saturated heterocycles. The van der Waals surface area contributed by atoms with E-state index in [0.717, 1.165) is 13.1 Å². The molecular formula is C12H13Cl2N3O2. The molecule has 0 aliphatic carbocycles. The normalized spacial score (nSPS) is 13.7. The lowest BCUT2D eigenvalue weighted by Crippen LogP contribution is -2.23. The molecule has 0 saturated carbocycles. The van der Waals surface area contributed by atoms with Gasteiger partial charge >= 0.3 is 5.97 Å². The zero-order valence-corrected chi connectivity index (χ0v) is 11.8. The highest BCUT2D eigenvalue weighted by molar-refractivity contribution is 6.39. The summed E-state index contributed by atoms with van der Waals surface area (Å²) in [5.41, 5.74) is 0.737. The topological polar surface area (TPSA) is 62.7 Å². The molecule has 1 aromatic carbocycles. The largest absolute Gasteiger partial charge is 0.462 e. The first-order valence-electron chi connectivity index (χ1n) is 5.84. The molecule has 2 N–H and O–H groups in total. The first-order chi connectivity index (χ1) is 9.11. The van der Waals surface area contributed by atoms with Crippen LogP contribution in [0.1, 0.15) is 17.3 Å². The molecule has 0 atom stereocenters. The number of guanidine groups is 1. The van der Waals surface area contributed by atoms with E-state index in [2.05, 4.69) is 15.6 Å². The number of halogens is 2. The summed E-state index contributed by atoms with van der Waals surface area (Å²) in [5.74, 6) is 0.162. The van der Waals surface area contributed by atoms with E-state index in [1.54, 1.807) is 6.92 Å². The van der Waals surface area contributed by atoms with Crippen LogP contribution in [0, 0.1) is 0 Å². The molecule has 1 aromatic rings.